The maximum absolute atomic E-state index is 11.0. The molecule has 1 aromatic carbocycles. The number of thiazole rings is 1. The number of benzene rings is 1. The van der Waals surface area contributed by atoms with Gasteiger partial charge in [-0.15, -0.1) is 11.3 Å². The van der Waals surface area contributed by atoms with Gasteiger partial charge >= 0.3 is 5.97 Å². The Bertz CT molecular complexity index is 557. The zero-order valence-electron chi connectivity index (χ0n) is 11.0. The molecule has 1 aromatic heterocycles. The van der Waals surface area contributed by atoms with Crippen molar-refractivity contribution >= 4 is 34.0 Å². The van der Waals surface area contributed by atoms with E-state index >= 15 is 0 Å². The maximum Gasteiger partial charge on any atom is 0.308 e. The molecule has 0 spiro atoms. The van der Waals surface area contributed by atoms with Gasteiger partial charge in [0.05, 0.1) is 5.92 Å². The number of hydrogen-bond donors (Lipinski definition) is 1. The van der Waals surface area contributed by atoms with E-state index in [-0.39, 0.29) is 0 Å². The first-order valence-corrected chi connectivity index (χ1v) is 7.43. The van der Waals surface area contributed by atoms with Crippen molar-refractivity contribution in [2.75, 3.05) is 11.4 Å². The Labute approximate surface area is 126 Å². The largest absolute Gasteiger partial charge is 0.481 e. The second-order valence-corrected chi connectivity index (χ2v) is 5.87. The third-order valence-corrected chi connectivity index (χ3v) is 3.98. The fraction of sp³-hybridized carbons (Fsp3) is 0.286. The van der Waals surface area contributed by atoms with Gasteiger partial charge in [-0.3, -0.25) is 4.79 Å². The van der Waals surface area contributed by atoms with Crippen molar-refractivity contribution in [3.8, 4) is 0 Å². The number of hydrogen-bond acceptors (Lipinski definition) is 4. The summed E-state index contributed by atoms with van der Waals surface area (Å²) in [7, 11) is 0. The van der Waals surface area contributed by atoms with E-state index in [2.05, 4.69) is 4.98 Å². The Balaban J connectivity index is 2.14. The van der Waals surface area contributed by atoms with Crippen LogP contribution in [0.5, 0.6) is 0 Å². The van der Waals surface area contributed by atoms with Crippen LogP contribution in [0.4, 0.5) is 5.13 Å². The number of aliphatic carboxylic acids is 1. The average Bonchev–Trinajstić information content (AvgIpc) is 2.94. The smallest absolute Gasteiger partial charge is 0.308 e. The molecule has 1 heterocycles. The van der Waals surface area contributed by atoms with E-state index in [1.54, 1.807) is 13.1 Å². The highest BCUT2D eigenvalue weighted by molar-refractivity contribution is 7.13. The van der Waals surface area contributed by atoms with Gasteiger partial charge in [-0.2, -0.15) is 0 Å². The molecule has 6 heteroatoms. The van der Waals surface area contributed by atoms with E-state index < -0.39 is 11.9 Å². The van der Waals surface area contributed by atoms with Crippen LogP contribution in [0.15, 0.2) is 35.8 Å². The highest BCUT2D eigenvalue weighted by atomic mass is 35.5. The molecule has 0 saturated carbocycles. The van der Waals surface area contributed by atoms with Crippen LogP contribution in [0.2, 0.25) is 5.02 Å². The first kappa shape index (κ1) is 14.8. The van der Waals surface area contributed by atoms with Gasteiger partial charge in [0, 0.05) is 29.7 Å². The third kappa shape index (κ3) is 3.95. The fourth-order valence-electron chi connectivity index (χ4n) is 1.80. The predicted molar refractivity (Wildman–Crippen MR) is 81.4 cm³/mol. The summed E-state index contributed by atoms with van der Waals surface area (Å²) < 4.78 is 0. The molecule has 20 heavy (non-hydrogen) atoms. The topological polar surface area (TPSA) is 53.4 Å². The van der Waals surface area contributed by atoms with Crippen LogP contribution < -0.4 is 4.90 Å². The van der Waals surface area contributed by atoms with Crippen LogP contribution in [0.25, 0.3) is 0 Å². The summed E-state index contributed by atoms with van der Waals surface area (Å²) in [6.07, 6.45) is 1.72. The number of carboxylic acids is 1. The van der Waals surface area contributed by atoms with Gasteiger partial charge in [-0.25, -0.2) is 4.98 Å². The monoisotopic (exact) mass is 310 g/mol. The highest BCUT2D eigenvalue weighted by Crippen LogP contribution is 2.22. The van der Waals surface area contributed by atoms with Gasteiger partial charge in [-0.1, -0.05) is 30.7 Å². The molecule has 2 aromatic rings. The van der Waals surface area contributed by atoms with Crippen molar-refractivity contribution in [3.63, 3.8) is 0 Å². The maximum atomic E-state index is 11.0. The lowest BCUT2D eigenvalue weighted by molar-refractivity contribution is -0.140. The van der Waals surface area contributed by atoms with E-state index in [1.165, 1.54) is 11.3 Å². The molecular weight excluding hydrogens is 296 g/mol. The van der Waals surface area contributed by atoms with Crippen LogP contribution in [0, 0.1) is 5.92 Å². The van der Waals surface area contributed by atoms with Crippen LogP contribution in [-0.2, 0) is 11.3 Å². The molecular formula is C14H15ClN2O2S. The molecule has 0 saturated heterocycles. The van der Waals surface area contributed by atoms with Crippen LogP contribution in [-0.4, -0.2) is 22.6 Å². The van der Waals surface area contributed by atoms with Gasteiger partial charge in [0.15, 0.2) is 5.13 Å². The first-order valence-electron chi connectivity index (χ1n) is 6.18. The van der Waals surface area contributed by atoms with Crippen molar-refractivity contribution in [2.45, 2.75) is 13.5 Å². The van der Waals surface area contributed by atoms with Crippen molar-refractivity contribution < 1.29 is 9.90 Å². The standard InChI is InChI=1S/C14H15ClN2O2S/c1-10(13(18)19)8-17(14-16-6-7-20-14)9-11-2-4-12(15)5-3-11/h2-7,10H,8-9H2,1H3,(H,18,19). The number of carboxylic acid groups (broad SMARTS) is 1. The van der Waals surface area contributed by atoms with Crippen LogP contribution in [0.1, 0.15) is 12.5 Å². The van der Waals surface area contributed by atoms with E-state index in [9.17, 15) is 4.79 Å². The molecule has 1 unspecified atom stereocenters. The summed E-state index contributed by atoms with van der Waals surface area (Å²) in [4.78, 5) is 17.3. The lowest BCUT2D eigenvalue weighted by Gasteiger charge is -2.24. The minimum Gasteiger partial charge on any atom is -0.481 e. The summed E-state index contributed by atoms with van der Waals surface area (Å²) in [6.45, 7) is 2.73. The molecule has 2 rings (SSSR count). The molecule has 0 radical (unpaired) electrons. The SMILES string of the molecule is CC(CN(Cc1ccc(Cl)cc1)c1nccs1)C(=O)O. The Morgan fingerprint density at radius 2 is 2.15 bits per heavy atom. The lowest BCUT2D eigenvalue weighted by atomic mass is 10.1. The molecule has 0 fully saturated rings. The number of halogens is 1. The minimum atomic E-state index is -0.803. The van der Waals surface area contributed by atoms with E-state index in [0.29, 0.717) is 18.1 Å². The van der Waals surface area contributed by atoms with Gasteiger partial charge < -0.3 is 10.0 Å². The Morgan fingerprint density at radius 3 is 2.70 bits per heavy atom. The minimum absolute atomic E-state index is 0.422. The first-order chi connectivity index (χ1) is 9.56. The molecule has 0 amide bonds. The number of rotatable bonds is 6. The number of anilines is 1. The molecule has 0 aliphatic heterocycles. The van der Waals surface area contributed by atoms with Crippen molar-refractivity contribution in [3.05, 3.63) is 46.4 Å². The van der Waals surface area contributed by atoms with Crippen molar-refractivity contribution in [1.29, 1.82) is 0 Å². The summed E-state index contributed by atoms with van der Waals surface area (Å²) in [5.74, 6) is -1.26. The second kappa shape index (κ2) is 6.72. The molecule has 0 aliphatic carbocycles. The highest BCUT2D eigenvalue weighted by Gasteiger charge is 2.18. The summed E-state index contributed by atoms with van der Waals surface area (Å²) >= 11 is 7.38. The molecule has 4 nitrogen and oxygen atoms in total. The predicted octanol–water partition coefficient (Wildman–Crippen LogP) is 3.52. The third-order valence-electron chi connectivity index (χ3n) is 2.89. The summed E-state index contributed by atoms with van der Waals surface area (Å²) in [5.41, 5.74) is 1.07. The van der Waals surface area contributed by atoms with Crippen molar-refractivity contribution in [2.24, 2.45) is 5.92 Å². The molecule has 0 aliphatic rings. The van der Waals surface area contributed by atoms with Gasteiger partial charge in [0.2, 0.25) is 0 Å². The molecule has 1 N–H and O–H groups in total. The Hall–Kier alpha value is -1.59. The number of carbonyl (C=O) groups is 1. The zero-order chi connectivity index (χ0) is 14.5. The van der Waals surface area contributed by atoms with E-state index in [1.807, 2.05) is 34.5 Å². The van der Waals surface area contributed by atoms with Gasteiger partial charge in [-0.05, 0) is 17.7 Å². The number of aromatic nitrogens is 1. The van der Waals surface area contributed by atoms with Crippen LogP contribution >= 0.6 is 22.9 Å². The van der Waals surface area contributed by atoms with Crippen LogP contribution in [0.3, 0.4) is 0 Å². The lowest BCUT2D eigenvalue weighted by Crippen LogP contribution is -2.31. The average molecular weight is 311 g/mol. The zero-order valence-corrected chi connectivity index (χ0v) is 12.6. The Morgan fingerprint density at radius 1 is 1.45 bits per heavy atom. The number of nitrogens with zero attached hydrogens (tertiary/aromatic N) is 2. The van der Waals surface area contributed by atoms with Gasteiger partial charge in [0.1, 0.15) is 0 Å². The normalized spacial score (nSPS) is 12.1. The summed E-state index contributed by atoms with van der Waals surface area (Å²) in [5, 5.41) is 12.5. The summed E-state index contributed by atoms with van der Waals surface area (Å²) in [6, 6.07) is 7.54. The molecule has 0 bridgehead atoms. The van der Waals surface area contributed by atoms with E-state index in [4.69, 9.17) is 16.7 Å². The van der Waals surface area contributed by atoms with Gasteiger partial charge in [0.25, 0.3) is 0 Å². The molecule has 1 atom stereocenters. The van der Waals surface area contributed by atoms with Crippen molar-refractivity contribution in [1.82, 2.24) is 4.98 Å². The van der Waals surface area contributed by atoms with E-state index in [0.717, 1.165) is 10.7 Å². The molecule has 106 valence electrons. The second-order valence-electron chi connectivity index (χ2n) is 4.56. The Kier molecular flexibility index (Phi) is 4.98. The fourth-order valence-corrected chi connectivity index (χ4v) is 2.58. The quantitative estimate of drug-likeness (QED) is 0.887.